The highest BCUT2D eigenvalue weighted by atomic mass is 16.5. The van der Waals surface area contributed by atoms with Gasteiger partial charge in [0.2, 0.25) is 5.82 Å². The molecule has 166 valence electrons. The summed E-state index contributed by atoms with van der Waals surface area (Å²) >= 11 is 0. The van der Waals surface area contributed by atoms with Gasteiger partial charge in [-0.2, -0.15) is 0 Å². The quantitative estimate of drug-likeness (QED) is 0.619. The summed E-state index contributed by atoms with van der Waals surface area (Å²) in [5, 5.41) is 0. The van der Waals surface area contributed by atoms with Crippen LogP contribution in [0.25, 0.3) is 5.57 Å². The Morgan fingerprint density at radius 2 is 1.76 bits per heavy atom. The molecule has 0 saturated carbocycles. The number of allylic oxidation sites excluding steroid dienone is 1. The third-order valence-electron chi connectivity index (χ3n) is 6.40. The summed E-state index contributed by atoms with van der Waals surface area (Å²) in [6, 6.07) is 12.4. The van der Waals surface area contributed by atoms with Gasteiger partial charge < -0.3 is 14.4 Å². The van der Waals surface area contributed by atoms with E-state index in [1.54, 1.807) is 0 Å². The SMILES string of the molecule is C[C@H]1N=C(c2ncc(C3=CCc4ncc(N5CCOCC5)cc43)cn2)O[C@H]1c1ccccc1. The molecule has 0 unspecified atom stereocenters. The summed E-state index contributed by atoms with van der Waals surface area (Å²) in [6.07, 6.45) is 8.60. The van der Waals surface area contributed by atoms with Crippen molar-refractivity contribution in [2.24, 2.45) is 4.99 Å². The number of hydrogen-bond acceptors (Lipinski definition) is 7. The Morgan fingerprint density at radius 3 is 2.55 bits per heavy atom. The lowest BCUT2D eigenvalue weighted by Crippen LogP contribution is -2.36. The molecule has 3 aliphatic rings. The van der Waals surface area contributed by atoms with Gasteiger partial charge in [-0.1, -0.05) is 36.4 Å². The van der Waals surface area contributed by atoms with Crippen LogP contribution in [-0.4, -0.2) is 53.2 Å². The van der Waals surface area contributed by atoms with Crippen molar-refractivity contribution >= 4 is 17.2 Å². The molecular formula is C26H25N5O2. The van der Waals surface area contributed by atoms with E-state index in [0.717, 1.165) is 66.4 Å². The number of fused-ring (bicyclic) bond motifs is 1. The first-order valence-corrected chi connectivity index (χ1v) is 11.4. The fourth-order valence-electron chi connectivity index (χ4n) is 4.63. The molecule has 0 radical (unpaired) electrons. The number of pyridine rings is 1. The van der Waals surface area contributed by atoms with E-state index in [9.17, 15) is 0 Å². The number of anilines is 1. The number of morpholine rings is 1. The highest BCUT2D eigenvalue weighted by Crippen LogP contribution is 2.34. The van der Waals surface area contributed by atoms with E-state index in [1.165, 1.54) is 0 Å². The largest absolute Gasteiger partial charge is 0.465 e. The number of nitrogens with zero attached hydrogens (tertiary/aromatic N) is 5. The zero-order valence-corrected chi connectivity index (χ0v) is 18.5. The van der Waals surface area contributed by atoms with Crippen LogP contribution in [0.1, 0.15) is 41.2 Å². The van der Waals surface area contributed by atoms with Crippen molar-refractivity contribution in [3.8, 4) is 0 Å². The number of ether oxygens (including phenoxy) is 2. The van der Waals surface area contributed by atoms with Crippen molar-refractivity contribution in [1.29, 1.82) is 0 Å². The van der Waals surface area contributed by atoms with Gasteiger partial charge in [0.1, 0.15) is 6.10 Å². The highest BCUT2D eigenvalue weighted by molar-refractivity contribution is 5.92. The van der Waals surface area contributed by atoms with Crippen molar-refractivity contribution in [1.82, 2.24) is 15.0 Å². The molecule has 4 heterocycles. The first kappa shape index (κ1) is 20.1. The molecule has 1 aromatic carbocycles. The molecule has 6 rings (SSSR count). The summed E-state index contributed by atoms with van der Waals surface area (Å²) in [7, 11) is 0. The van der Waals surface area contributed by atoms with Crippen molar-refractivity contribution in [2.75, 3.05) is 31.2 Å². The molecule has 1 saturated heterocycles. The average molecular weight is 440 g/mol. The molecule has 2 aliphatic heterocycles. The summed E-state index contributed by atoms with van der Waals surface area (Å²) in [5.41, 5.74) is 6.60. The topological polar surface area (TPSA) is 72.7 Å². The molecule has 7 heteroatoms. The van der Waals surface area contributed by atoms with Gasteiger partial charge in [-0.05, 0) is 24.1 Å². The number of aromatic nitrogens is 3. The van der Waals surface area contributed by atoms with Crippen LogP contribution in [0.5, 0.6) is 0 Å². The molecular weight excluding hydrogens is 414 g/mol. The van der Waals surface area contributed by atoms with Gasteiger partial charge >= 0.3 is 0 Å². The van der Waals surface area contributed by atoms with Gasteiger partial charge in [0.25, 0.3) is 5.90 Å². The van der Waals surface area contributed by atoms with Crippen molar-refractivity contribution in [2.45, 2.75) is 25.5 Å². The van der Waals surface area contributed by atoms with E-state index in [4.69, 9.17) is 14.5 Å². The zero-order chi connectivity index (χ0) is 22.2. The first-order valence-electron chi connectivity index (χ1n) is 11.4. The van der Waals surface area contributed by atoms with E-state index in [0.29, 0.717) is 11.7 Å². The fourth-order valence-corrected chi connectivity index (χ4v) is 4.63. The van der Waals surface area contributed by atoms with Crippen LogP contribution in [0.15, 0.2) is 66.1 Å². The smallest absolute Gasteiger partial charge is 0.256 e. The Hall–Kier alpha value is -3.58. The normalized spacial score (nSPS) is 21.9. The Balaban J connectivity index is 1.22. The molecule has 0 spiro atoms. The van der Waals surface area contributed by atoms with Crippen LogP contribution in [0, 0.1) is 0 Å². The molecule has 2 aromatic heterocycles. The van der Waals surface area contributed by atoms with Gasteiger partial charge in [0.05, 0.1) is 36.8 Å². The van der Waals surface area contributed by atoms with Crippen LogP contribution in [0.4, 0.5) is 5.69 Å². The summed E-state index contributed by atoms with van der Waals surface area (Å²) in [5.74, 6) is 1.02. The second-order valence-corrected chi connectivity index (χ2v) is 8.53. The molecule has 2 atom stereocenters. The Bertz CT molecular complexity index is 1220. The minimum atomic E-state index is -0.112. The highest BCUT2D eigenvalue weighted by Gasteiger charge is 2.31. The molecule has 0 amide bonds. The number of rotatable bonds is 4. The number of hydrogen-bond donors (Lipinski definition) is 0. The van der Waals surface area contributed by atoms with Crippen LogP contribution < -0.4 is 4.90 Å². The second kappa shape index (κ2) is 8.41. The minimum absolute atomic E-state index is 0.0137. The lowest BCUT2D eigenvalue weighted by atomic mass is 10.0. The standard InChI is InChI=1S/C26H25N5O2/c1-17-24(18-5-3-2-4-6-18)33-26(30-17)25-28-14-19(15-29-25)21-7-8-23-22(21)13-20(16-27-23)31-9-11-32-12-10-31/h2-7,13-17,24H,8-12H2,1H3/t17-,24-/m1/s1. The van der Waals surface area contributed by atoms with Crippen LogP contribution in [0.2, 0.25) is 0 Å². The molecule has 7 nitrogen and oxygen atoms in total. The number of aliphatic imine (C=N–C) groups is 1. The van der Waals surface area contributed by atoms with Crippen molar-refractivity contribution in [3.63, 3.8) is 0 Å². The van der Waals surface area contributed by atoms with Crippen molar-refractivity contribution in [3.05, 3.63) is 89.3 Å². The average Bonchev–Trinajstić information content (AvgIpc) is 3.48. The molecule has 1 aliphatic carbocycles. The summed E-state index contributed by atoms with van der Waals surface area (Å²) in [4.78, 5) is 20.9. The summed E-state index contributed by atoms with van der Waals surface area (Å²) < 4.78 is 11.6. The predicted octanol–water partition coefficient (Wildman–Crippen LogP) is 3.60. The Labute approximate surface area is 192 Å². The van der Waals surface area contributed by atoms with Gasteiger partial charge in [-0.25, -0.2) is 15.0 Å². The minimum Gasteiger partial charge on any atom is -0.465 e. The van der Waals surface area contributed by atoms with Crippen molar-refractivity contribution < 1.29 is 9.47 Å². The third-order valence-corrected chi connectivity index (χ3v) is 6.40. The molecule has 3 aromatic rings. The maximum absolute atomic E-state index is 6.13. The molecule has 0 bridgehead atoms. The zero-order valence-electron chi connectivity index (χ0n) is 18.5. The lowest BCUT2D eigenvalue weighted by molar-refractivity contribution is 0.122. The van der Waals surface area contributed by atoms with Crippen LogP contribution in [0.3, 0.4) is 0 Å². The maximum Gasteiger partial charge on any atom is 0.256 e. The van der Waals surface area contributed by atoms with Crippen LogP contribution in [-0.2, 0) is 15.9 Å². The van der Waals surface area contributed by atoms with E-state index in [1.807, 2.05) is 36.8 Å². The van der Waals surface area contributed by atoms with E-state index in [2.05, 4.69) is 51.1 Å². The maximum atomic E-state index is 6.13. The number of benzene rings is 1. The van der Waals surface area contributed by atoms with Gasteiger partial charge in [-0.3, -0.25) is 4.98 Å². The molecule has 33 heavy (non-hydrogen) atoms. The van der Waals surface area contributed by atoms with Gasteiger partial charge in [0.15, 0.2) is 0 Å². The summed E-state index contributed by atoms with van der Waals surface area (Å²) in [6.45, 7) is 5.34. The Kier molecular flexibility index (Phi) is 5.11. The second-order valence-electron chi connectivity index (χ2n) is 8.53. The third kappa shape index (κ3) is 3.78. The van der Waals surface area contributed by atoms with Gasteiger partial charge in [-0.15, -0.1) is 0 Å². The van der Waals surface area contributed by atoms with Crippen LogP contribution >= 0.6 is 0 Å². The van der Waals surface area contributed by atoms with E-state index in [-0.39, 0.29) is 12.1 Å². The first-order chi connectivity index (χ1) is 16.3. The lowest BCUT2D eigenvalue weighted by Gasteiger charge is -2.29. The monoisotopic (exact) mass is 439 g/mol. The molecule has 0 N–H and O–H groups in total. The van der Waals surface area contributed by atoms with E-state index >= 15 is 0 Å². The molecule has 1 fully saturated rings. The van der Waals surface area contributed by atoms with E-state index < -0.39 is 0 Å². The predicted molar refractivity (Wildman–Crippen MR) is 126 cm³/mol. The Morgan fingerprint density at radius 1 is 0.970 bits per heavy atom. The van der Waals surface area contributed by atoms with Gasteiger partial charge in [0, 0.05) is 43.0 Å². The fraction of sp³-hybridized carbons (Fsp3) is 0.308.